The van der Waals surface area contributed by atoms with Crippen molar-refractivity contribution in [3.05, 3.63) is 28.8 Å². The van der Waals surface area contributed by atoms with Gasteiger partial charge in [0.1, 0.15) is 0 Å². The van der Waals surface area contributed by atoms with Crippen molar-refractivity contribution in [3.63, 3.8) is 0 Å². The summed E-state index contributed by atoms with van der Waals surface area (Å²) >= 11 is 0. The monoisotopic (exact) mass is 212 g/mol. The second kappa shape index (κ2) is 3.07. The molecular weight excluding hydrogens is 200 g/mol. The predicted octanol–water partition coefficient (Wildman–Crippen LogP) is 1.73. The molecule has 0 heterocycles. The molecular formula is C10H12O3S. The van der Waals surface area contributed by atoms with Gasteiger partial charge in [-0.15, -0.1) is 0 Å². The first-order valence-electron chi connectivity index (χ1n) is 4.59. The summed E-state index contributed by atoms with van der Waals surface area (Å²) in [6.07, 6.45) is 2.65. The van der Waals surface area contributed by atoms with E-state index in [0.717, 1.165) is 36.0 Å². The molecule has 0 radical (unpaired) electrons. The number of hydrogen-bond donors (Lipinski definition) is 1. The lowest BCUT2D eigenvalue weighted by Crippen LogP contribution is -2.03. The fourth-order valence-corrected chi connectivity index (χ4v) is 2.87. The molecule has 76 valence electrons. The number of benzene rings is 1. The quantitative estimate of drug-likeness (QED) is 0.721. The molecule has 0 bridgehead atoms. The molecule has 3 nitrogen and oxygen atoms in total. The third-order valence-corrected chi connectivity index (χ3v) is 3.69. The summed E-state index contributed by atoms with van der Waals surface area (Å²) in [5.41, 5.74) is 3.03. The van der Waals surface area contributed by atoms with Gasteiger partial charge in [-0.25, -0.2) is 0 Å². The lowest BCUT2D eigenvalue weighted by molar-refractivity contribution is 0.482. The van der Waals surface area contributed by atoms with Crippen LogP contribution in [-0.2, 0) is 23.0 Å². The molecule has 0 amide bonds. The van der Waals surface area contributed by atoms with Crippen LogP contribution in [0.3, 0.4) is 0 Å². The molecule has 0 saturated carbocycles. The lowest BCUT2D eigenvalue weighted by atomic mass is 10.1. The van der Waals surface area contributed by atoms with Gasteiger partial charge in [-0.1, -0.05) is 6.07 Å². The second-order valence-corrected chi connectivity index (χ2v) is 5.06. The van der Waals surface area contributed by atoms with Crippen molar-refractivity contribution in [1.29, 1.82) is 0 Å². The van der Waals surface area contributed by atoms with Crippen molar-refractivity contribution in [3.8, 4) is 0 Å². The topological polar surface area (TPSA) is 54.4 Å². The first-order valence-corrected chi connectivity index (χ1v) is 6.03. The fraction of sp³-hybridized carbons (Fsp3) is 0.400. The van der Waals surface area contributed by atoms with Gasteiger partial charge in [0.15, 0.2) is 0 Å². The van der Waals surface area contributed by atoms with Crippen molar-refractivity contribution >= 4 is 10.1 Å². The van der Waals surface area contributed by atoms with E-state index < -0.39 is 10.1 Å². The zero-order valence-electron chi connectivity index (χ0n) is 7.95. The molecule has 0 spiro atoms. The number of hydrogen-bond acceptors (Lipinski definition) is 2. The van der Waals surface area contributed by atoms with E-state index in [-0.39, 0.29) is 4.90 Å². The van der Waals surface area contributed by atoms with Gasteiger partial charge >= 0.3 is 0 Å². The zero-order chi connectivity index (χ0) is 10.3. The van der Waals surface area contributed by atoms with E-state index in [1.807, 2.05) is 6.92 Å². The molecule has 0 aromatic heterocycles. The molecule has 14 heavy (non-hydrogen) atoms. The summed E-state index contributed by atoms with van der Waals surface area (Å²) in [6.45, 7) is 1.97. The van der Waals surface area contributed by atoms with E-state index in [1.165, 1.54) is 6.07 Å². The minimum atomic E-state index is -4.04. The summed E-state index contributed by atoms with van der Waals surface area (Å²) in [7, 11) is -4.04. The Kier molecular flexibility index (Phi) is 2.12. The maximum atomic E-state index is 11.1. The Morgan fingerprint density at radius 1 is 1.21 bits per heavy atom. The lowest BCUT2D eigenvalue weighted by Gasteiger charge is -2.07. The Hall–Kier alpha value is -0.870. The van der Waals surface area contributed by atoms with Crippen LogP contribution in [0.5, 0.6) is 0 Å². The highest BCUT2D eigenvalue weighted by molar-refractivity contribution is 7.85. The minimum Gasteiger partial charge on any atom is -0.282 e. The molecule has 1 aromatic rings. The Balaban J connectivity index is 2.72. The van der Waals surface area contributed by atoms with E-state index in [4.69, 9.17) is 4.55 Å². The zero-order valence-corrected chi connectivity index (χ0v) is 8.76. The van der Waals surface area contributed by atoms with E-state index in [2.05, 4.69) is 0 Å². The van der Waals surface area contributed by atoms with Gasteiger partial charge in [-0.3, -0.25) is 4.55 Å². The molecule has 1 N–H and O–H groups in total. The highest BCUT2D eigenvalue weighted by atomic mass is 32.2. The van der Waals surface area contributed by atoms with E-state index in [1.54, 1.807) is 6.07 Å². The molecule has 1 aliphatic rings. The van der Waals surface area contributed by atoms with Gasteiger partial charge in [0.05, 0.1) is 4.90 Å². The molecule has 0 atom stereocenters. The maximum absolute atomic E-state index is 11.1. The summed E-state index contributed by atoms with van der Waals surface area (Å²) in [5.74, 6) is 0. The van der Waals surface area contributed by atoms with Gasteiger partial charge in [0.2, 0.25) is 0 Å². The molecule has 0 unspecified atom stereocenters. The first-order chi connectivity index (χ1) is 6.50. The highest BCUT2D eigenvalue weighted by Gasteiger charge is 2.22. The molecule has 0 saturated heterocycles. The van der Waals surface area contributed by atoms with Crippen LogP contribution < -0.4 is 0 Å². The van der Waals surface area contributed by atoms with Gasteiger partial charge in [-0.2, -0.15) is 8.42 Å². The second-order valence-electron chi connectivity index (χ2n) is 3.67. The van der Waals surface area contributed by atoms with Crippen LogP contribution in [0.25, 0.3) is 0 Å². The molecule has 0 fully saturated rings. The van der Waals surface area contributed by atoms with Gasteiger partial charge in [0, 0.05) is 0 Å². The Morgan fingerprint density at radius 2 is 1.86 bits per heavy atom. The van der Waals surface area contributed by atoms with Gasteiger partial charge in [0.25, 0.3) is 10.1 Å². The van der Waals surface area contributed by atoms with Crippen molar-refractivity contribution in [2.75, 3.05) is 0 Å². The number of rotatable bonds is 1. The average molecular weight is 212 g/mol. The van der Waals surface area contributed by atoms with Crippen molar-refractivity contribution in [1.82, 2.24) is 0 Å². The van der Waals surface area contributed by atoms with Crippen LogP contribution in [0.1, 0.15) is 23.1 Å². The average Bonchev–Trinajstić information content (AvgIpc) is 2.50. The Morgan fingerprint density at radius 3 is 2.50 bits per heavy atom. The van der Waals surface area contributed by atoms with Crippen LogP contribution in [0, 0.1) is 6.92 Å². The van der Waals surface area contributed by atoms with Gasteiger partial charge < -0.3 is 0 Å². The Bertz CT molecular complexity index is 474. The first kappa shape index (κ1) is 9.68. The smallest absolute Gasteiger partial charge is 0.282 e. The summed E-state index contributed by atoms with van der Waals surface area (Å²) < 4.78 is 31.1. The van der Waals surface area contributed by atoms with Crippen LogP contribution in [0.15, 0.2) is 17.0 Å². The van der Waals surface area contributed by atoms with Crippen LogP contribution in [-0.4, -0.2) is 13.0 Å². The summed E-state index contributed by atoms with van der Waals surface area (Å²) in [6, 6.07) is 3.25. The largest absolute Gasteiger partial charge is 0.294 e. The van der Waals surface area contributed by atoms with Crippen LogP contribution in [0.4, 0.5) is 0 Å². The minimum absolute atomic E-state index is 0.0931. The molecule has 2 rings (SSSR count). The number of aryl methyl sites for hydroxylation is 1. The van der Waals surface area contributed by atoms with E-state index in [0.29, 0.717) is 0 Å². The van der Waals surface area contributed by atoms with E-state index >= 15 is 0 Å². The van der Waals surface area contributed by atoms with Crippen molar-refractivity contribution in [2.24, 2.45) is 0 Å². The maximum Gasteiger partial charge on any atom is 0.294 e. The summed E-state index contributed by atoms with van der Waals surface area (Å²) in [4.78, 5) is 0.0931. The number of fused-ring (bicyclic) bond motifs is 1. The SMILES string of the molecule is Cc1ccc(S(=O)(=O)O)c2c1CCC2. The highest BCUT2D eigenvalue weighted by Crippen LogP contribution is 2.30. The molecule has 1 aliphatic carbocycles. The molecule has 1 aromatic carbocycles. The van der Waals surface area contributed by atoms with Crippen LogP contribution >= 0.6 is 0 Å². The predicted molar refractivity (Wildman–Crippen MR) is 53.0 cm³/mol. The van der Waals surface area contributed by atoms with E-state index in [9.17, 15) is 8.42 Å². The van der Waals surface area contributed by atoms with Crippen LogP contribution in [0.2, 0.25) is 0 Å². The van der Waals surface area contributed by atoms with Gasteiger partial charge in [-0.05, 0) is 48.9 Å². The normalized spacial score (nSPS) is 15.6. The van der Waals surface area contributed by atoms with Crippen molar-refractivity contribution < 1.29 is 13.0 Å². The molecule has 0 aliphatic heterocycles. The third kappa shape index (κ3) is 1.44. The fourth-order valence-electron chi connectivity index (χ4n) is 2.09. The summed E-state index contributed by atoms with van der Waals surface area (Å²) in [5, 5.41) is 0. The Labute approximate surface area is 83.5 Å². The standard InChI is InChI=1S/C10H12O3S/c1-7-5-6-10(14(11,12)13)9-4-2-3-8(7)9/h5-6H,2-4H2,1H3,(H,11,12,13). The third-order valence-electron chi connectivity index (χ3n) is 2.75. The van der Waals surface area contributed by atoms with Crippen molar-refractivity contribution in [2.45, 2.75) is 31.1 Å². The molecule has 4 heteroatoms.